The number of nitrogens with zero attached hydrogens (tertiary/aromatic N) is 1. The quantitative estimate of drug-likeness (QED) is 0.692. The van der Waals surface area contributed by atoms with Gasteiger partial charge in [0.1, 0.15) is 0 Å². The highest BCUT2D eigenvalue weighted by molar-refractivity contribution is 5.90. The van der Waals surface area contributed by atoms with Crippen molar-refractivity contribution in [3.05, 3.63) is 47.2 Å². The third-order valence-electron chi connectivity index (χ3n) is 4.03. The second-order valence-electron chi connectivity index (χ2n) is 5.33. The number of allylic oxidation sites excluding steroid dienone is 2. The highest BCUT2D eigenvalue weighted by Crippen LogP contribution is 2.44. The molecule has 0 saturated heterocycles. The van der Waals surface area contributed by atoms with Crippen LogP contribution in [0.1, 0.15) is 36.5 Å². The number of fused-ring (bicyclic) bond motifs is 1. The predicted octanol–water partition coefficient (Wildman–Crippen LogP) is 4.20. The number of hydrogen-bond acceptors (Lipinski definition) is 1. The first-order chi connectivity index (χ1) is 8.09. The monoisotopic (exact) mass is 225 g/mol. The lowest BCUT2D eigenvalue weighted by atomic mass is 9.91. The van der Waals surface area contributed by atoms with Gasteiger partial charge in [0.2, 0.25) is 0 Å². The second kappa shape index (κ2) is 3.49. The lowest BCUT2D eigenvalue weighted by Crippen LogP contribution is -2.24. The van der Waals surface area contributed by atoms with Gasteiger partial charge in [0, 0.05) is 17.8 Å². The zero-order valence-electron chi connectivity index (χ0n) is 10.9. The first kappa shape index (κ1) is 10.6. The van der Waals surface area contributed by atoms with Gasteiger partial charge in [-0.25, -0.2) is 0 Å². The van der Waals surface area contributed by atoms with E-state index in [1.165, 1.54) is 46.4 Å². The minimum Gasteiger partial charge on any atom is -0.344 e. The van der Waals surface area contributed by atoms with E-state index in [1.54, 1.807) is 0 Å². The van der Waals surface area contributed by atoms with Crippen LogP contribution >= 0.6 is 0 Å². The summed E-state index contributed by atoms with van der Waals surface area (Å²) >= 11 is 0. The zero-order chi connectivity index (χ0) is 12.2. The van der Waals surface area contributed by atoms with Crippen LogP contribution in [0.2, 0.25) is 0 Å². The lowest BCUT2D eigenvalue weighted by molar-refractivity contribution is 0.936. The second-order valence-corrected chi connectivity index (χ2v) is 5.33. The van der Waals surface area contributed by atoms with Crippen LogP contribution in [0, 0.1) is 13.8 Å². The zero-order valence-corrected chi connectivity index (χ0v) is 10.9. The molecule has 0 bridgehead atoms. The molecule has 1 aliphatic carbocycles. The van der Waals surface area contributed by atoms with Gasteiger partial charge in [0.05, 0.1) is 5.69 Å². The molecule has 2 aliphatic rings. The van der Waals surface area contributed by atoms with Gasteiger partial charge >= 0.3 is 0 Å². The molecule has 0 N–H and O–H groups in total. The van der Waals surface area contributed by atoms with Gasteiger partial charge in [0.25, 0.3) is 0 Å². The maximum absolute atomic E-state index is 4.23. The van der Waals surface area contributed by atoms with Gasteiger partial charge in [-0.1, -0.05) is 18.7 Å². The molecule has 0 radical (unpaired) electrons. The van der Waals surface area contributed by atoms with Crippen LogP contribution in [0.15, 0.2) is 30.5 Å². The van der Waals surface area contributed by atoms with E-state index in [2.05, 4.69) is 50.6 Å². The Hall–Kier alpha value is -1.50. The van der Waals surface area contributed by atoms with E-state index in [-0.39, 0.29) is 0 Å². The largest absolute Gasteiger partial charge is 0.344 e. The Kier molecular flexibility index (Phi) is 2.19. The molecule has 0 unspecified atom stereocenters. The van der Waals surface area contributed by atoms with Gasteiger partial charge < -0.3 is 4.90 Å². The summed E-state index contributed by atoms with van der Waals surface area (Å²) in [4.78, 5) is 2.47. The van der Waals surface area contributed by atoms with Crippen molar-refractivity contribution in [3.8, 4) is 0 Å². The molecule has 0 amide bonds. The molecule has 1 fully saturated rings. The van der Waals surface area contributed by atoms with Crippen molar-refractivity contribution in [2.75, 3.05) is 4.90 Å². The highest BCUT2D eigenvalue weighted by Gasteiger charge is 2.33. The van der Waals surface area contributed by atoms with Crippen LogP contribution < -0.4 is 4.90 Å². The number of benzene rings is 1. The van der Waals surface area contributed by atoms with E-state index in [9.17, 15) is 0 Å². The van der Waals surface area contributed by atoms with Crippen LogP contribution in [0.4, 0.5) is 5.69 Å². The van der Waals surface area contributed by atoms with Gasteiger partial charge in [-0.2, -0.15) is 0 Å². The summed E-state index contributed by atoms with van der Waals surface area (Å²) in [6.45, 7) is 10.8. The van der Waals surface area contributed by atoms with E-state index < -0.39 is 0 Å². The summed E-state index contributed by atoms with van der Waals surface area (Å²) in [6.07, 6.45) is 4.93. The Morgan fingerprint density at radius 2 is 1.88 bits per heavy atom. The SMILES string of the molecule is C=C1C(C)=CN(C2CC2)c2c1ccc(C)c2C. The number of aryl methyl sites for hydroxylation is 1. The molecule has 0 spiro atoms. The summed E-state index contributed by atoms with van der Waals surface area (Å²) in [7, 11) is 0. The normalized spacial score (nSPS) is 19.1. The van der Waals surface area contributed by atoms with E-state index in [0.29, 0.717) is 0 Å². The van der Waals surface area contributed by atoms with Crippen LogP contribution in [-0.4, -0.2) is 6.04 Å². The maximum atomic E-state index is 4.23. The number of rotatable bonds is 1. The molecule has 1 heterocycles. The fourth-order valence-electron chi connectivity index (χ4n) is 2.58. The fraction of sp³-hybridized carbons (Fsp3) is 0.375. The van der Waals surface area contributed by atoms with Gasteiger partial charge in [-0.05, 0) is 55.9 Å². The maximum Gasteiger partial charge on any atom is 0.0520 e. The van der Waals surface area contributed by atoms with E-state index >= 15 is 0 Å². The van der Waals surface area contributed by atoms with Crippen molar-refractivity contribution in [1.82, 2.24) is 0 Å². The van der Waals surface area contributed by atoms with Crippen LogP contribution in [0.25, 0.3) is 5.57 Å². The van der Waals surface area contributed by atoms with Crippen LogP contribution in [-0.2, 0) is 0 Å². The molecule has 1 aliphatic heterocycles. The Labute approximate surface area is 103 Å². The van der Waals surface area contributed by atoms with Crippen molar-refractivity contribution in [2.24, 2.45) is 0 Å². The summed E-state index contributed by atoms with van der Waals surface area (Å²) in [5.74, 6) is 0. The molecule has 0 atom stereocenters. The number of anilines is 1. The molecule has 88 valence electrons. The van der Waals surface area contributed by atoms with E-state index in [4.69, 9.17) is 0 Å². The molecule has 1 aromatic carbocycles. The van der Waals surface area contributed by atoms with Gasteiger partial charge in [0.15, 0.2) is 0 Å². The fourth-order valence-corrected chi connectivity index (χ4v) is 2.58. The standard InChI is InChI=1S/C16H19N/c1-10-5-8-15-12(3)11(2)9-17(14-6-7-14)16(15)13(10)4/h5,8-9,14H,3,6-7H2,1-2,4H3. The van der Waals surface area contributed by atoms with E-state index in [0.717, 1.165) is 6.04 Å². The average molecular weight is 225 g/mol. The first-order valence-corrected chi connectivity index (χ1v) is 6.36. The molecular formula is C16H19N. The van der Waals surface area contributed by atoms with E-state index in [1.807, 2.05) is 0 Å². The molecular weight excluding hydrogens is 206 g/mol. The van der Waals surface area contributed by atoms with Crippen LogP contribution in [0.3, 0.4) is 0 Å². The molecule has 1 nitrogen and oxygen atoms in total. The van der Waals surface area contributed by atoms with Crippen molar-refractivity contribution < 1.29 is 0 Å². The van der Waals surface area contributed by atoms with Crippen molar-refractivity contribution in [3.63, 3.8) is 0 Å². The molecule has 0 aromatic heterocycles. The van der Waals surface area contributed by atoms with Crippen molar-refractivity contribution >= 4 is 11.3 Å². The molecule has 1 aromatic rings. The smallest absolute Gasteiger partial charge is 0.0520 e. The summed E-state index contributed by atoms with van der Waals surface area (Å²) in [5, 5.41) is 0. The predicted molar refractivity (Wildman–Crippen MR) is 74.2 cm³/mol. The molecule has 3 rings (SSSR count). The summed E-state index contributed by atoms with van der Waals surface area (Å²) in [6, 6.07) is 5.16. The van der Waals surface area contributed by atoms with Gasteiger partial charge in [-0.3, -0.25) is 0 Å². The summed E-state index contributed by atoms with van der Waals surface area (Å²) in [5.41, 5.74) is 7.96. The third-order valence-corrected chi connectivity index (χ3v) is 4.03. The van der Waals surface area contributed by atoms with Crippen molar-refractivity contribution in [2.45, 2.75) is 39.7 Å². The minimum atomic E-state index is 0.720. The lowest BCUT2D eigenvalue weighted by Gasteiger charge is -2.32. The minimum absolute atomic E-state index is 0.720. The molecule has 17 heavy (non-hydrogen) atoms. The average Bonchev–Trinajstić information content (AvgIpc) is 3.12. The topological polar surface area (TPSA) is 3.24 Å². The molecule has 1 saturated carbocycles. The number of hydrogen-bond donors (Lipinski definition) is 0. The molecule has 1 heteroatoms. The Bertz CT molecular complexity index is 533. The van der Waals surface area contributed by atoms with Gasteiger partial charge in [-0.15, -0.1) is 0 Å². The van der Waals surface area contributed by atoms with Crippen LogP contribution in [0.5, 0.6) is 0 Å². The Morgan fingerprint density at radius 3 is 2.53 bits per heavy atom. The first-order valence-electron chi connectivity index (χ1n) is 6.36. The van der Waals surface area contributed by atoms with Crippen molar-refractivity contribution in [1.29, 1.82) is 0 Å². The third kappa shape index (κ3) is 1.53. The Morgan fingerprint density at radius 1 is 1.18 bits per heavy atom. The summed E-state index contributed by atoms with van der Waals surface area (Å²) < 4.78 is 0. The Balaban J connectivity index is 2.23. The highest BCUT2D eigenvalue weighted by atomic mass is 15.2.